The minimum absolute atomic E-state index is 0. The monoisotopic (exact) mass is 842 g/mol. The minimum Gasteiger partial charge on any atom is -0.497 e. The van der Waals surface area contributed by atoms with Gasteiger partial charge < -0.3 is 28.8 Å². The molecule has 2 aliphatic rings. The number of esters is 1. The standard InChI is InChI=1S/C22H35NO6S.C18H27NO6S.CH4/c1-16-13-19(27-6)14-17(2)21(16)30(25,26)23-11-8-7-9-18(23)10-12-28-15-20(24)29-22(3,4)5;1-13-10-16(24-3)11-14(2)18(13)26(22,23)19-8-5-4-6-15(19)7-9-25-12-17(20)21;/h13-14,18H,7-12,15H2,1-6H3;10-11,15H,4-9,12H2,1-3H3,(H,20,21);1H4. The minimum atomic E-state index is -3.65. The lowest BCUT2D eigenvalue weighted by atomic mass is 10.0. The number of carbonyl (C=O) groups excluding carboxylic acids is 1. The molecule has 2 aromatic carbocycles. The van der Waals surface area contributed by atoms with E-state index in [2.05, 4.69) is 0 Å². The average Bonchev–Trinajstić information content (AvgIpc) is 3.10. The molecule has 2 atom stereocenters. The van der Waals surface area contributed by atoms with Crippen LogP contribution in [0.1, 0.15) is 102 Å². The van der Waals surface area contributed by atoms with Gasteiger partial charge in [-0.1, -0.05) is 20.3 Å². The Hall–Kier alpha value is -3.28. The van der Waals surface area contributed by atoms with Crippen molar-refractivity contribution in [1.82, 2.24) is 8.61 Å². The molecule has 0 amide bonds. The molecule has 2 saturated heterocycles. The van der Waals surface area contributed by atoms with E-state index in [0.717, 1.165) is 38.5 Å². The Balaban J connectivity index is 0.000000390. The normalized spacial score (nSPS) is 18.1. The van der Waals surface area contributed by atoms with E-state index < -0.39 is 37.6 Å². The molecular weight excluding hydrogens is 777 g/mol. The summed E-state index contributed by atoms with van der Waals surface area (Å²) in [5.41, 5.74) is 2.12. The first-order valence-corrected chi connectivity index (χ1v) is 22.0. The molecule has 57 heavy (non-hydrogen) atoms. The highest BCUT2D eigenvalue weighted by Crippen LogP contribution is 2.34. The van der Waals surface area contributed by atoms with Crippen molar-refractivity contribution in [3.63, 3.8) is 0 Å². The molecule has 2 aliphatic heterocycles. The van der Waals surface area contributed by atoms with Crippen LogP contribution in [0.4, 0.5) is 0 Å². The van der Waals surface area contributed by atoms with E-state index in [1.165, 1.54) is 0 Å². The maximum absolute atomic E-state index is 13.5. The van der Waals surface area contributed by atoms with Gasteiger partial charge in [0.05, 0.1) is 24.0 Å². The van der Waals surface area contributed by atoms with Crippen molar-refractivity contribution in [2.45, 2.75) is 135 Å². The fraction of sp³-hybridized carbons (Fsp3) is 0.659. The molecule has 0 spiro atoms. The number of carbonyl (C=O) groups is 2. The van der Waals surface area contributed by atoms with Gasteiger partial charge in [-0.25, -0.2) is 26.4 Å². The summed E-state index contributed by atoms with van der Waals surface area (Å²) < 4.78 is 83.1. The predicted molar refractivity (Wildman–Crippen MR) is 219 cm³/mol. The number of hydrogen-bond acceptors (Lipinski definition) is 11. The van der Waals surface area contributed by atoms with Gasteiger partial charge in [-0.15, -0.1) is 0 Å². The lowest BCUT2D eigenvalue weighted by Crippen LogP contribution is -2.44. The summed E-state index contributed by atoms with van der Waals surface area (Å²) in [7, 11) is -4.16. The Morgan fingerprint density at radius 1 is 0.684 bits per heavy atom. The molecule has 324 valence electrons. The Morgan fingerprint density at radius 2 is 1.05 bits per heavy atom. The van der Waals surface area contributed by atoms with Crippen molar-refractivity contribution in [3.8, 4) is 11.5 Å². The number of nitrogens with zero attached hydrogens (tertiary/aromatic N) is 2. The highest BCUT2D eigenvalue weighted by atomic mass is 32.2. The van der Waals surface area contributed by atoms with E-state index in [1.54, 1.807) is 95.6 Å². The smallest absolute Gasteiger partial charge is 0.332 e. The van der Waals surface area contributed by atoms with Crippen LogP contribution in [0.3, 0.4) is 0 Å². The molecule has 0 saturated carbocycles. The summed E-state index contributed by atoms with van der Waals surface area (Å²) in [6.07, 6.45) is 6.15. The second-order valence-electron chi connectivity index (χ2n) is 15.4. The van der Waals surface area contributed by atoms with Gasteiger partial charge in [0.25, 0.3) is 0 Å². The van der Waals surface area contributed by atoms with E-state index >= 15 is 0 Å². The Kier molecular flexibility index (Phi) is 19.4. The molecule has 2 unspecified atom stereocenters. The quantitative estimate of drug-likeness (QED) is 0.142. The third-order valence-corrected chi connectivity index (χ3v) is 14.2. The zero-order valence-electron chi connectivity index (χ0n) is 34.5. The molecule has 2 heterocycles. The van der Waals surface area contributed by atoms with E-state index in [1.807, 2.05) is 0 Å². The Bertz CT molecular complexity index is 1810. The summed E-state index contributed by atoms with van der Waals surface area (Å²) >= 11 is 0. The van der Waals surface area contributed by atoms with Crippen molar-refractivity contribution < 1.29 is 55.2 Å². The van der Waals surface area contributed by atoms with E-state index in [4.69, 9.17) is 28.8 Å². The maximum Gasteiger partial charge on any atom is 0.332 e. The molecule has 1 N–H and O–H groups in total. The number of sulfonamides is 2. The zero-order chi connectivity index (χ0) is 41.8. The summed E-state index contributed by atoms with van der Waals surface area (Å²) in [5.74, 6) is -0.159. The van der Waals surface area contributed by atoms with Crippen LogP contribution in [0.15, 0.2) is 34.1 Å². The number of piperidine rings is 2. The van der Waals surface area contributed by atoms with Crippen LogP contribution in [-0.4, -0.2) is 114 Å². The Morgan fingerprint density at radius 3 is 1.39 bits per heavy atom. The van der Waals surface area contributed by atoms with Crippen LogP contribution >= 0.6 is 0 Å². The van der Waals surface area contributed by atoms with Gasteiger partial charge >= 0.3 is 11.9 Å². The van der Waals surface area contributed by atoms with Gasteiger partial charge in [-0.3, -0.25) is 0 Å². The largest absolute Gasteiger partial charge is 0.497 e. The lowest BCUT2D eigenvalue weighted by Gasteiger charge is -2.35. The van der Waals surface area contributed by atoms with Crippen molar-refractivity contribution in [3.05, 3.63) is 46.5 Å². The first-order chi connectivity index (χ1) is 26.2. The number of benzene rings is 2. The number of aliphatic carboxylic acids is 1. The summed E-state index contributed by atoms with van der Waals surface area (Å²) in [6.45, 7) is 13.5. The highest BCUT2D eigenvalue weighted by Gasteiger charge is 2.37. The van der Waals surface area contributed by atoms with E-state index in [-0.39, 0.29) is 39.3 Å². The number of carboxylic acid groups (broad SMARTS) is 1. The van der Waals surface area contributed by atoms with E-state index in [9.17, 15) is 26.4 Å². The number of hydrogen-bond donors (Lipinski definition) is 1. The summed E-state index contributed by atoms with van der Waals surface area (Å²) in [5, 5.41) is 8.64. The maximum atomic E-state index is 13.5. The topological polar surface area (TPSA) is 175 Å². The van der Waals surface area contributed by atoms with Crippen LogP contribution in [-0.2, 0) is 43.8 Å². The van der Waals surface area contributed by atoms with Gasteiger partial charge in [0.2, 0.25) is 20.0 Å². The first kappa shape index (κ1) is 49.9. The van der Waals surface area contributed by atoms with Crippen LogP contribution < -0.4 is 9.47 Å². The Labute approximate surface area is 341 Å². The van der Waals surface area contributed by atoms with Crippen molar-refractivity contribution in [2.24, 2.45) is 0 Å². The number of carboxylic acids is 1. The third kappa shape index (κ3) is 14.2. The van der Waals surface area contributed by atoms with Crippen molar-refractivity contribution in [1.29, 1.82) is 0 Å². The van der Waals surface area contributed by atoms with Gasteiger partial charge in [0, 0.05) is 38.4 Å². The van der Waals surface area contributed by atoms with Crippen LogP contribution in [0.5, 0.6) is 11.5 Å². The number of aryl methyl sites for hydroxylation is 4. The summed E-state index contributed by atoms with van der Waals surface area (Å²) in [4.78, 5) is 23.0. The van der Waals surface area contributed by atoms with Crippen LogP contribution in [0.2, 0.25) is 0 Å². The van der Waals surface area contributed by atoms with Crippen molar-refractivity contribution >= 4 is 32.0 Å². The highest BCUT2D eigenvalue weighted by molar-refractivity contribution is 7.89. The van der Waals surface area contributed by atoms with Gasteiger partial charge in [-0.2, -0.15) is 8.61 Å². The molecule has 2 fully saturated rings. The molecule has 0 bridgehead atoms. The molecular formula is C41H66N2O12S2. The fourth-order valence-corrected chi connectivity index (χ4v) is 11.7. The number of methoxy groups -OCH3 is 2. The second kappa shape index (κ2) is 22.2. The van der Waals surface area contributed by atoms with Crippen molar-refractivity contribution in [2.75, 3.05) is 53.7 Å². The van der Waals surface area contributed by atoms with E-state index in [0.29, 0.717) is 76.1 Å². The first-order valence-electron chi connectivity index (χ1n) is 19.2. The third-order valence-electron chi connectivity index (χ3n) is 9.67. The van der Waals surface area contributed by atoms with Gasteiger partial charge in [0.15, 0.2) is 0 Å². The molecule has 4 rings (SSSR count). The molecule has 14 nitrogen and oxygen atoms in total. The lowest BCUT2D eigenvalue weighted by molar-refractivity contribution is -0.160. The predicted octanol–water partition coefficient (Wildman–Crippen LogP) is 6.59. The molecule has 2 aromatic rings. The SMILES string of the molecule is C.COc1cc(C)c(S(=O)(=O)N2CCCCC2CCOCC(=O)O)c(C)c1.COc1cc(C)c(S(=O)(=O)N2CCCCC2CCOCC(=O)OC(C)(C)C)c(C)c1. The number of rotatable bonds is 16. The molecule has 16 heteroatoms. The molecule has 0 aliphatic carbocycles. The fourth-order valence-electron chi connectivity index (χ4n) is 7.39. The summed E-state index contributed by atoms with van der Waals surface area (Å²) in [6, 6.07) is 6.64. The second-order valence-corrected chi connectivity index (χ2v) is 19.0. The van der Waals surface area contributed by atoms with Gasteiger partial charge in [-0.05, 0) is 134 Å². The van der Waals surface area contributed by atoms with Gasteiger partial charge in [0.1, 0.15) is 30.3 Å². The zero-order valence-corrected chi connectivity index (χ0v) is 36.1. The average molecular weight is 843 g/mol. The number of ether oxygens (including phenoxy) is 5. The van der Waals surface area contributed by atoms with Crippen LogP contribution in [0, 0.1) is 27.7 Å². The molecule has 0 aromatic heterocycles. The van der Waals surface area contributed by atoms with Crippen LogP contribution in [0.25, 0.3) is 0 Å². The molecule has 0 radical (unpaired) electrons.